The number of rotatable bonds is 28. The van der Waals surface area contributed by atoms with Gasteiger partial charge in [-0.05, 0) is 36.1 Å². The highest BCUT2D eigenvalue weighted by molar-refractivity contribution is 5.67. The molecular weight excluding hydrogens is 550 g/mol. The maximum atomic E-state index is 11.6. The topological polar surface area (TPSA) is 93.7 Å². The standard InChI is InChI=1S/C34H53NO8/c1-2-3-4-5-6-8-11-31-14-16-33(17-15-31)42-29-28-41-27-26-40-25-24-39-23-22-38-21-20-37-19-18-35-34(36)43-30-32-12-9-7-10-13-32/h7,9-10,12-17H,2-6,8,11,18-30H2,1H3,(H,35,36). The third-order valence-electron chi connectivity index (χ3n) is 6.46. The van der Waals surface area contributed by atoms with Gasteiger partial charge in [-0.3, -0.25) is 0 Å². The van der Waals surface area contributed by atoms with Crippen LogP contribution >= 0.6 is 0 Å². The Morgan fingerprint density at radius 2 is 1.12 bits per heavy atom. The summed E-state index contributed by atoms with van der Waals surface area (Å²) >= 11 is 0. The molecule has 0 atom stereocenters. The largest absolute Gasteiger partial charge is 0.491 e. The minimum atomic E-state index is -0.460. The lowest BCUT2D eigenvalue weighted by Gasteiger charge is -2.09. The molecule has 242 valence electrons. The third-order valence-corrected chi connectivity index (χ3v) is 6.46. The van der Waals surface area contributed by atoms with Crippen molar-refractivity contribution in [2.45, 2.75) is 58.5 Å². The fourth-order valence-electron chi connectivity index (χ4n) is 4.06. The molecule has 1 N–H and O–H groups in total. The van der Waals surface area contributed by atoms with Gasteiger partial charge in [-0.2, -0.15) is 0 Å². The second-order valence-electron chi connectivity index (χ2n) is 10.1. The van der Waals surface area contributed by atoms with E-state index >= 15 is 0 Å². The summed E-state index contributed by atoms with van der Waals surface area (Å²) in [4.78, 5) is 11.6. The van der Waals surface area contributed by atoms with Gasteiger partial charge >= 0.3 is 6.09 Å². The van der Waals surface area contributed by atoms with E-state index in [9.17, 15) is 4.79 Å². The van der Waals surface area contributed by atoms with Gasteiger partial charge in [0.25, 0.3) is 0 Å². The first-order valence-corrected chi connectivity index (χ1v) is 15.8. The predicted octanol–water partition coefficient (Wildman–Crippen LogP) is 5.98. The van der Waals surface area contributed by atoms with Crippen molar-refractivity contribution < 1.29 is 38.0 Å². The maximum Gasteiger partial charge on any atom is 0.407 e. The molecule has 9 heteroatoms. The molecule has 1 amide bonds. The molecular formula is C34H53NO8. The van der Waals surface area contributed by atoms with Crippen LogP contribution in [0.4, 0.5) is 4.79 Å². The fourth-order valence-corrected chi connectivity index (χ4v) is 4.06. The van der Waals surface area contributed by atoms with Crippen LogP contribution in [0.5, 0.6) is 5.75 Å². The molecule has 0 bridgehead atoms. The lowest BCUT2D eigenvalue weighted by Crippen LogP contribution is -2.28. The summed E-state index contributed by atoms with van der Waals surface area (Å²) in [6.07, 6.45) is 8.62. The molecule has 2 rings (SSSR count). The summed E-state index contributed by atoms with van der Waals surface area (Å²) in [7, 11) is 0. The number of aryl methyl sites for hydroxylation is 1. The lowest BCUT2D eigenvalue weighted by molar-refractivity contribution is -0.0125. The molecule has 0 spiro atoms. The van der Waals surface area contributed by atoms with Gasteiger partial charge < -0.3 is 38.5 Å². The van der Waals surface area contributed by atoms with Crippen molar-refractivity contribution in [1.29, 1.82) is 0 Å². The van der Waals surface area contributed by atoms with E-state index < -0.39 is 6.09 Å². The molecule has 2 aromatic rings. The van der Waals surface area contributed by atoms with Crippen molar-refractivity contribution in [3.8, 4) is 5.75 Å². The Morgan fingerprint density at radius 3 is 1.72 bits per heavy atom. The number of unbranched alkanes of at least 4 members (excludes halogenated alkanes) is 5. The van der Waals surface area contributed by atoms with Gasteiger partial charge in [-0.1, -0.05) is 81.5 Å². The Kier molecular flexibility index (Phi) is 22.8. The number of alkyl carbamates (subject to hydrolysis) is 1. The predicted molar refractivity (Wildman–Crippen MR) is 168 cm³/mol. The van der Waals surface area contributed by atoms with Crippen LogP contribution in [0.3, 0.4) is 0 Å². The SMILES string of the molecule is CCCCCCCCc1ccc(OCCOCCOCCOCCOCCOCCNC(=O)OCc2ccccc2)cc1. The highest BCUT2D eigenvalue weighted by atomic mass is 16.6. The Hall–Kier alpha value is -2.69. The Balaban J connectivity index is 1.25. The van der Waals surface area contributed by atoms with Crippen LogP contribution in [0.2, 0.25) is 0 Å². The van der Waals surface area contributed by atoms with Crippen molar-refractivity contribution in [3.63, 3.8) is 0 Å². The summed E-state index contributed by atoms with van der Waals surface area (Å²) in [5.41, 5.74) is 2.32. The maximum absolute atomic E-state index is 11.6. The van der Waals surface area contributed by atoms with Gasteiger partial charge in [-0.15, -0.1) is 0 Å². The van der Waals surface area contributed by atoms with Crippen molar-refractivity contribution >= 4 is 6.09 Å². The summed E-state index contributed by atoms with van der Waals surface area (Å²) in [5.74, 6) is 0.881. The number of carbonyl (C=O) groups is 1. The molecule has 0 aliphatic carbocycles. The van der Waals surface area contributed by atoms with Crippen LogP contribution in [-0.2, 0) is 41.4 Å². The van der Waals surface area contributed by atoms with Crippen LogP contribution in [0.25, 0.3) is 0 Å². The van der Waals surface area contributed by atoms with Crippen LogP contribution < -0.4 is 10.1 Å². The number of carbonyl (C=O) groups excluding carboxylic acids is 1. The normalized spacial score (nSPS) is 11.0. The number of ether oxygens (including phenoxy) is 7. The molecule has 9 nitrogen and oxygen atoms in total. The van der Waals surface area contributed by atoms with Gasteiger partial charge in [0.15, 0.2) is 0 Å². The van der Waals surface area contributed by atoms with Gasteiger partial charge in [0.2, 0.25) is 0 Å². The van der Waals surface area contributed by atoms with Crippen LogP contribution in [-0.4, -0.2) is 85.3 Å². The Morgan fingerprint density at radius 1 is 0.581 bits per heavy atom. The zero-order valence-electron chi connectivity index (χ0n) is 26.1. The number of nitrogens with one attached hydrogen (secondary N) is 1. The third kappa shape index (κ3) is 21.6. The van der Waals surface area contributed by atoms with E-state index in [1.807, 2.05) is 42.5 Å². The zero-order chi connectivity index (χ0) is 30.5. The van der Waals surface area contributed by atoms with Gasteiger partial charge in [0.1, 0.15) is 19.0 Å². The Bertz CT molecular complexity index is 897. The van der Waals surface area contributed by atoms with E-state index in [0.29, 0.717) is 79.2 Å². The summed E-state index contributed by atoms with van der Waals surface area (Å²) in [5, 5.41) is 2.65. The van der Waals surface area contributed by atoms with E-state index in [4.69, 9.17) is 33.2 Å². The van der Waals surface area contributed by atoms with E-state index in [2.05, 4.69) is 24.4 Å². The molecule has 0 radical (unpaired) electrons. The number of hydrogen-bond donors (Lipinski definition) is 1. The number of hydrogen-bond acceptors (Lipinski definition) is 8. The van der Waals surface area contributed by atoms with Gasteiger partial charge in [0.05, 0.1) is 66.1 Å². The minimum Gasteiger partial charge on any atom is -0.491 e. The molecule has 0 aliphatic rings. The second kappa shape index (κ2) is 26.9. The van der Waals surface area contributed by atoms with E-state index in [1.54, 1.807) is 0 Å². The first kappa shape index (κ1) is 36.5. The average Bonchev–Trinajstić information content (AvgIpc) is 3.04. The molecule has 2 aromatic carbocycles. The average molecular weight is 604 g/mol. The lowest BCUT2D eigenvalue weighted by atomic mass is 10.0. The van der Waals surface area contributed by atoms with Crippen LogP contribution in [0.1, 0.15) is 56.6 Å². The van der Waals surface area contributed by atoms with Gasteiger partial charge in [0, 0.05) is 6.54 Å². The molecule has 0 aromatic heterocycles. The molecule has 0 saturated heterocycles. The molecule has 43 heavy (non-hydrogen) atoms. The zero-order valence-corrected chi connectivity index (χ0v) is 26.1. The second-order valence-corrected chi connectivity index (χ2v) is 10.1. The van der Waals surface area contributed by atoms with Crippen molar-refractivity contribution in [2.75, 3.05) is 79.2 Å². The quantitative estimate of drug-likeness (QED) is 0.119. The highest BCUT2D eigenvalue weighted by Crippen LogP contribution is 2.15. The van der Waals surface area contributed by atoms with Gasteiger partial charge in [-0.25, -0.2) is 4.79 Å². The molecule has 0 heterocycles. The summed E-state index contributed by atoms with van der Waals surface area (Å²) in [6.45, 7) is 8.25. The first-order chi connectivity index (χ1) is 21.3. The van der Waals surface area contributed by atoms with E-state index in [0.717, 1.165) is 17.7 Å². The van der Waals surface area contributed by atoms with E-state index in [1.165, 1.54) is 44.1 Å². The number of benzene rings is 2. The molecule has 0 fully saturated rings. The Labute approximate surface area is 258 Å². The van der Waals surface area contributed by atoms with Crippen molar-refractivity contribution in [1.82, 2.24) is 5.32 Å². The monoisotopic (exact) mass is 603 g/mol. The van der Waals surface area contributed by atoms with Crippen molar-refractivity contribution in [3.05, 3.63) is 65.7 Å². The van der Waals surface area contributed by atoms with Crippen molar-refractivity contribution in [2.24, 2.45) is 0 Å². The van der Waals surface area contributed by atoms with Crippen LogP contribution in [0.15, 0.2) is 54.6 Å². The van der Waals surface area contributed by atoms with E-state index in [-0.39, 0.29) is 6.61 Å². The molecule has 0 unspecified atom stereocenters. The van der Waals surface area contributed by atoms with Crippen LogP contribution in [0, 0.1) is 0 Å². The number of amides is 1. The summed E-state index contributed by atoms with van der Waals surface area (Å²) < 4.78 is 38.4. The first-order valence-electron chi connectivity index (χ1n) is 15.8. The molecule has 0 aliphatic heterocycles. The smallest absolute Gasteiger partial charge is 0.407 e. The summed E-state index contributed by atoms with van der Waals surface area (Å²) in [6, 6.07) is 18.0. The highest BCUT2D eigenvalue weighted by Gasteiger charge is 2.02. The molecule has 0 saturated carbocycles. The fraction of sp³-hybridized carbons (Fsp3) is 0.618. The minimum absolute atomic E-state index is 0.245.